The van der Waals surface area contributed by atoms with Crippen LogP contribution in [0.3, 0.4) is 0 Å². The molecule has 5 rings (SSSR count). The van der Waals surface area contributed by atoms with Gasteiger partial charge in [-0.25, -0.2) is 8.78 Å². The van der Waals surface area contributed by atoms with E-state index < -0.39 is 12.0 Å². The third-order valence-electron chi connectivity index (χ3n) is 6.23. The lowest BCUT2D eigenvalue weighted by molar-refractivity contribution is 0.148. The van der Waals surface area contributed by atoms with Gasteiger partial charge in [0.2, 0.25) is 5.88 Å². The van der Waals surface area contributed by atoms with Crippen LogP contribution < -0.4 is 15.0 Å². The molecule has 10 heteroatoms. The molecule has 1 saturated carbocycles. The molecule has 33 heavy (non-hydrogen) atoms. The van der Waals surface area contributed by atoms with Crippen LogP contribution >= 0.6 is 0 Å². The van der Waals surface area contributed by atoms with Crippen molar-refractivity contribution in [3.63, 3.8) is 0 Å². The fourth-order valence-corrected chi connectivity index (χ4v) is 4.34. The SMILES string of the molecule is COc1cc(-c2cc(O)c(-c3ccc(N4CC[C@H](NC5CC(F)C5)C4)nn3)cc2F)cnn1. The summed E-state index contributed by atoms with van der Waals surface area (Å²) in [5.74, 6) is 0.298. The number of hydrogen-bond acceptors (Lipinski definition) is 8. The van der Waals surface area contributed by atoms with Crippen molar-refractivity contribution in [1.82, 2.24) is 25.7 Å². The molecule has 1 aliphatic heterocycles. The van der Waals surface area contributed by atoms with Crippen LogP contribution in [0.15, 0.2) is 36.5 Å². The zero-order valence-corrected chi connectivity index (χ0v) is 18.1. The zero-order valence-electron chi connectivity index (χ0n) is 18.1. The minimum atomic E-state index is -0.669. The van der Waals surface area contributed by atoms with Gasteiger partial charge in [0.25, 0.3) is 0 Å². The molecule has 3 heterocycles. The smallest absolute Gasteiger partial charge is 0.233 e. The van der Waals surface area contributed by atoms with Crippen LogP contribution in [0, 0.1) is 5.82 Å². The first-order valence-corrected chi connectivity index (χ1v) is 10.9. The number of phenols is 1. The van der Waals surface area contributed by atoms with E-state index in [0.717, 1.165) is 19.5 Å². The van der Waals surface area contributed by atoms with Gasteiger partial charge < -0.3 is 20.1 Å². The van der Waals surface area contributed by atoms with Crippen LogP contribution in [0.1, 0.15) is 19.3 Å². The first kappa shape index (κ1) is 21.4. The number of alkyl halides is 1. The van der Waals surface area contributed by atoms with Gasteiger partial charge in [-0.3, -0.25) is 0 Å². The van der Waals surface area contributed by atoms with E-state index in [9.17, 15) is 13.9 Å². The number of aromatic nitrogens is 4. The van der Waals surface area contributed by atoms with Crippen molar-refractivity contribution in [3.05, 3.63) is 42.3 Å². The van der Waals surface area contributed by atoms with Gasteiger partial charge in [-0.15, -0.1) is 15.3 Å². The van der Waals surface area contributed by atoms with Crippen molar-refractivity contribution in [2.75, 3.05) is 25.1 Å². The van der Waals surface area contributed by atoms with Gasteiger partial charge in [0.05, 0.1) is 19.0 Å². The quantitative estimate of drug-likeness (QED) is 0.587. The van der Waals surface area contributed by atoms with Crippen LogP contribution in [0.25, 0.3) is 22.4 Å². The average Bonchev–Trinajstić information content (AvgIpc) is 3.28. The first-order chi connectivity index (χ1) is 16.0. The van der Waals surface area contributed by atoms with Crippen molar-refractivity contribution in [1.29, 1.82) is 0 Å². The van der Waals surface area contributed by atoms with E-state index in [1.54, 1.807) is 6.07 Å². The molecule has 2 aromatic heterocycles. The number of halogens is 2. The molecule has 1 aromatic carbocycles. The van der Waals surface area contributed by atoms with Crippen molar-refractivity contribution >= 4 is 5.82 Å². The first-order valence-electron chi connectivity index (χ1n) is 10.9. The minimum Gasteiger partial charge on any atom is -0.507 e. The molecule has 0 radical (unpaired) electrons. The Bertz CT molecular complexity index is 1140. The maximum absolute atomic E-state index is 14.9. The Kier molecular flexibility index (Phi) is 5.76. The van der Waals surface area contributed by atoms with Crippen molar-refractivity contribution in [2.45, 2.75) is 37.5 Å². The molecule has 8 nitrogen and oxygen atoms in total. The van der Waals surface area contributed by atoms with Gasteiger partial charge >= 0.3 is 0 Å². The van der Waals surface area contributed by atoms with E-state index >= 15 is 0 Å². The summed E-state index contributed by atoms with van der Waals surface area (Å²) in [6, 6.07) is 8.20. The number of phenolic OH excluding ortho intramolecular Hbond substituents is 1. The average molecular weight is 454 g/mol. The predicted molar refractivity (Wildman–Crippen MR) is 118 cm³/mol. The number of benzene rings is 1. The number of hydrogen-bond donors (Lipinski definition) is 2. The summed E-state index contributed by atoms with van der Waals surface area (Å²) in [6.07, 6.45) is 2.87. The molecule has 172 valence electrons. The lowest BCUT2D eigenvalue weighted by Gasteiger charge is -2.33. The van der Waals surface area contributed by atoms with E-state index in [4.69, 9.17) is 4.74 Å². The maximum atomic E-state index is 14.9. The molecule has 1 saturated heterocycles. The second-order valence-electron chi connectivity index (χ2n) is 8.48. The molecular formula is C23H24F2N6O2. The summed E-state index contributed by atoms with van der Waals surface area (Å²) >= 11 is 0. The van der Waals surface area contributed by atoms with Crippen LogP contribution in [0.2, 0.25) is 0 Å². The molecule has 1 aliphatic carbocycles. The Labute approximate surface area is 189 Å². The van der Waals surface area contributed by atoms with E-state index in [1.165, 1.54) is 31.5 Å². The Balaban J connectivity index is 1.30. The molecule has 2 N–H and O–H groups in total. The summed E-state index contributed by atoms with van der Waals surface area (Å²) in [4.78, 5) is 2.12. The second-order valence-corrected chi connectivity index (χ2v) is 8.48. The predicted octanol–water partition coefficient (Wildman–Crippen LogP) is 3.12. The lowest BCUT2D eigenvalue weighted by Crippen LogP contribution is -2.48. The number of rotatable bonds is 6. The van der Waals surface area contributed by atoms with Crippen LogP contribution in [-0.4, -0.2) is 64.0 Å². The zero-order chi connectivity index (χ0) is 22.9. The number of methoxy groups -OCH3 is 1. The Hall–Kier alpha value is -3.40. The number of ether oxygens (including phenoxy) is 1. The largest absolute Gasteiger partial charge is 0.507 e. The normalized spacial score (nSPS) is 22.3. The summed E-state index contributed by atoms with van der Waals surface area (Å²) in [6.45, 7) is 1.61. The maximum Gasteiger partial charge on any atom is 0.233 e. The standard InChI is InChI=1S/C23H24F2N6O2/c1-33-23-6-13(11-26-30-23)17-10-21(32)18(9-19(17)25)20-2-3-22(29-28-20)31-5-4-15(12-31)27-16-7-14(24)8-16/h2-3,6,9-11,14-16,27,32H,4-5,7-8,12H2,1H3/t14?,15-,16?/m0/s1. The number of nitrogens with zero attached hydrogens (tertiary/aromatic N) is 5. The molecule has 2 fully saturated rings. The van der Waals surface area contributed by atoms with Gasteiger partial charge in [-0.1, -0.05) is 0 Å². The lowest BCUT2D eigenvalue weighted by atomic mass is 9.90. The highest BCUT2D eigenvalue weighted by atomic mass is 19.1. The van der Waals surface area contributed by atoms with E-state index in [0.29, 0.717) is 36.0 Å². The summed E-state index contributed by atoms with van der Waals surface area (Å²) < 4.78 is 32.9. The van der Waals surface area contributed by atoms with Crippen molar-refractivity contribution < 1.29 is 18.6 Å². The molecule has 0 spiro atoms. The molecule has 3 aromatic rings. The van der Waals surface area contributed by atoms with Gasteiger partial charge in [-0.05, 0) is 43.5 Å². The van der Waals surface area contributed by atoms with Crippen molar-refractivity contribution in [3.8, 4) is 34.0 Å². The highest BCUT2D eigenvalue weighted by Gasteiger charge is 2.33. The molecule has 0 amide bonds. The fourth-order valence-electron chi connectivity index (χ4n) is 4.34. The van der Waals surface area contributed by atoms with Crippen LogP contribution in [0.5, 0.6) is 11.6 Å². The minimum absolute atomic E-state index is 0.124. The Morgan fingerprint density at radius 2 is 1.94 bits per heavy atom. The molecule has 2 aliphatic rings. The van der Waals surface area contributed by atoms with Crippen molar-refractivity contribution in [2.24, 2.45) is 0 Å². The van der Waals surface area contributed by atoms with Gasteiger partial charge in [-0.2, -0.15) is 5.10 Å². The molecule has 0 unspecified atom stereocenters. The van der Waals surface area contributed by atoms with Crippen LogP contribution in [-0.2, 0) is 0 Å². The Morgan fingerprint density at radius 1 is 1.09 bits per heavy atom. The molecular weight excluding hydrogens is 430 g/mol. The molecule has 0 bridgehead atoms. The molecule has 1 atom stereocenters. The van der Waals surface area contributed by atoms with E-state index in [-0.39, 0.29) is 28.8 Å². The Morgan fingerprint density at radius 3 is 2.67 bits per heavy atom. The topological polar surface area (TPSA) is 96.3 Å². The summed E-state index contributed by atoms with van der Waals surface area (Å²) in [5.41, 5.74) is 1.22. The van der Waals surface area contributed by atoms with Gasteiger partial charge in [0.1, 0.15) is 17.7 Å². The number of aromatic hydroxyl groups is 1. The van der Waals surface area contributed by atoms with Crippen LogP contribution in [0.4, 0.5) is 14.6 Å². The highest BCUT2D eigenvalue weighted by Crippen LogP contribution is 2.35. The third kappa shape index (κ3) is 4.43. The van der Waals surface area contributed by atoms with E-state index in [1.807, 2.05) is 6.07 Å². The number of nitrogens with one attached hydrogen (secondary N) is 1. The highest BCUT2D eigenvalue weighted by molar-refractivity contribution is 5.75. The fraction of sp³-hybridized carbons (Fsp3) is 0.391. The summed E-state index contributed by atoms with van der Waals surface area (Å²) in [7, 11) is 1.45. The summed E-state index contributed by atoms with van der Waals surface area (Å²) in [5, 5.41) is 30.1. The van der Waals surface area contributed by atoms with E-state index in [2.05, 4.69) is 30.6 Å². The second kappa shape index (κ2) is 8.86. The third-order valence-corrected chi connectivity index (χ3v) is 6.23. The van der Waals surface area contributed by atoms with Gasteiger partial charge in [0, 0.05) is 47.9 Å². The number of anilines is 1. The van der Waals surface area contributed by atoms with Gasteiger partial charge in [0.15, 0.2) is 5.82 Å². The monoisotopic (exact) mass is 454 g/mol.